The lowest BCUT2D eigenvalue weighted by molar-refractivity contribution is 0.565. The maximum absolute atomic E-state index is 13.4. The first-order valence-electron chi connectivity index (χ1n) is 7.30. The highest BCUT2D eigenvalue weighted by atomic mass is 19.1. The van der Waals surface area contributed by atoms with E-state index in [0.29, 0.717) is 18.0 Å². The summed E-state index contributed by atoms with van der Waals surface area (Å²) in [6, 6.07) is 11.6. The lowest BCUT2D eigenvalue weighted by Gasteiger charge is -2.20. The van der Waals surface area contributed by atoms with Crippen LogP contribution in [0.3, 0.4) is 0 Å². The zero-order chi connectivity index (χ0) is 15.4. The van der Waals surface area contributed by atoms with E-state index in [0.717, 1.165) is 11.6 Å². The monoisotopic (exact) mass is 289 g/mol. The lowest BCUT2D eigenvalue weighted by Crippen LogP contribution is -2.22. The molecule has 0 aliphatic carbocycles. The molecule has 2 aromatic rings. The molecule has 0 bridgehead atoms. The van der Waals surface area contributed by atoms with Gasteiger partial charge < -0.3 is 5.32 Å². The number of hydrogen-bond donors (Lipinski definition) is 1. The summed E-state index contributed by atoms with van der Waals surface area (Å²) in [6.07, 6.45) is 0. The lowest BCUT2D eigenvalue weighted by atomic mass is 9.95. The zero-order valence-electron chi connectivity index (χ0n) is 12.7. The maximum atomic E-state index is 13.4. The van der Waals surface area contributed by atoms with Gasteiger partial charge in [0.15, 0.2) is 0 Å². The predicted octanol–water partition coefficient (Wildman–Crippen LogP) is 4.79. The second-order valence-electron chi connectivity index (χ2n) is 5.51. The molecule has 0 saturated carbocycles. The van der Waals surface area contributed by atoms with Crippen LogP contribution >= 0.6 is 0 Å². The maximum Gasteiger partial charge on any atom is 0.126 e. The van der Waals surface area contributed by atoms with Gasteiger partial charge in [-0.25, -0.2) is 8.78 Å². The topological polar surface area (TPSA) is 12.0 Å². The van der Waals surface area contributed by atoms with Gasteiger partial charge in [-0.1, -0.05) is 45.0 Å². The minimum atomic E-state index is -0.549. The van der Waals surface area contributed by atoms with Crippen molar-refractivity contribution in [3.63, 3.8) is 0 Å². The quantitative estimate of drug-likeness (QED) is 0.834. The van der Waals surface area contributed by atoms with E-state index in [2.05, 4.69) is 31.3 Å². The van der Waals surface area contributed by atoms with Crippen molar-refractivity contribution in [2.45, 2.75) is 32.7 Å². The van der Waals surface area contributed by atoms with Crippen LogP contribution in [0.5, 0.6) is 0 Å². The summed E-state index contributed by atoms with van der Waals surface area (Å²) >= 11 is 0. The number of hydrogen-bond acceptors (Lipinski definition) is 1. The number of rotatable bonds is 5. The van der Waals surface area contributed by atoms with Crippen LogP contribution in [0.1, 0.15) is 49.4 Å². The van der Waals surface area contributed by atoms with Crippen LogP contribution < -0.4 is 5.32 Å². The molecule has 0 spiro atoms. The Morgan fingerprint density at radius 1 is 0.857 bits per heavy atom. The van der Waals surface area contributed by atoms with E-state index < -0.39 is 11.6 Å². The van der Waals surface area contributed by atoms with E-state index in [9.17, 15) is 8.78 Å². The Labute approximate surface area is 125 Å². The Hall–Kier alpha value is -1.74. The van der Waals surface area contributed by atoms with E-state index in [4.69, 9.17) is 0 Å². The van der Waals surface area contributed by atoms with E-state index >= 15 is 0 Å². The molecule has 1 N–H and O–H groups in total. The van der Waals surface area contributed by atoms with Gasteiger partial charge in [0, 0.05) is 6.07 Å². The Morgan fingerprint density at radius 3 is 1.86 bits per heavy atom. The van der Waals surface area contributed by atoms with Crippen molar-refractivity contribution in [2.75, 3.05) is 6.54 Å². The molecule has 1 nitrogen and oxygen atoms in total. The summed E-state index contributed by atoms with van der Waals surface area (Å²) < 4.78 is 26.9. The van der Waals surface area contributed by atoms with Gasteiger partial charge in [-0.15, -0.1) is 0 Å². The minimum absolute atomic E-state index is 0.207. The van der Waals surface area contributed by atoms with E-state index in [1.54, 1.807) is 0 Å². The van der Waals surface area contributed by atoms with Crippen molar-refractivity contribution in [3.8, 4) is 0 Å². The van der Waals surface area contributed by atoms with Gasteiger partial charge in [0.1, 0.15) is 11.6 Å². The minimum Gasteiger partial charge on any atom is -0.307 e. The summed E-state index contributed by atoms with van der Waals surface area (Å²) in [5, 5.41) is 3.28. The van der Waals surface area contributed by atoms with Crippen LogP contribution in [0.4, 0.5) is 8.78 Å². The molecule has 1 unspecified atom stereocenters. The van der Waals surface area contributed by atoms with Crippen LogP contribution in [-0.2, 0) is 0 Å². The molecule has 2 aromatic carbocycles. The Kier molecular flexibility index (Phi) is 5.07. The summed E-state index contributed by atoms with van der Waals surface area (Å²) in [5.74, 6) is -0.637. The van der Waals surface area contributed by atoms with Gasteiger partial charge >= 0.3 is 0 Å². The normalized spacial score (nSPS) is 12.7. The average molecular weight is 289 g/mol. The zero-order valence-corrected chi connectivity index (χ0v) is 12.7. The fourth-order valence-electron chi connectivity index (χ4n) is 2.45. The number of nitrogens with one attached hydrogen (secondary N) is 1. The van der Waals surface area contributed by atoms with Crippen LogP contribution in [-0.4, -0.2) is 6.54 Å². The van der Waals surface area contributed by atoms with Crippen molar-refractivity contribution in [1.82, 2.24) is 5.32 Å². The molecule has 112 valence electrons. The standard InChI is InChI=1S/C18H21F2N/c1-4-21-18(15-9-16(19)11-17(20)10-15)14-7-5-13(6-8-14)12(2)3/h5-12,18,21H,4H2,1-3H3. The number of benzene rings is 2. The van der Waals surface area contributed by atoms with Crippen molar-refractivity contribution in [2.24, 2.45) is 0 Å². The molecule has 0 heterocycles. The van der Waals surface area contributed by atoms with Gasteiger partial charge in [0.2, 0.25) is 0 Å². The smallest absolute Gasteiger partial charge is 0.126 e. The highest BCUT2D eigenvalue weighted by Gasteiger charge is 2.15. The molecular formula is C18H21F2N. The highest BCUT2D eigenvalue weighted by molar-refractivity contribution is 5.34. The van der Waals surface area contributed by atoms with Crippen molar-refractivity contribution >= 4 is 0 Å². The van der Waals surface area contributed by atoms with Crippen molar-refractivity contribution in [1.29, 1.82) is 0 Å². The summed E-state index contributed by atoms with van der Waals surface area (Å²) in [7, 11) is 0. The third kappa shape index (κ3) is 3.88. The molecule has 0 fully saturated rings. The molecule has 0 radical (unpaired) electrons. The molecule has 0 aromatic heterocycles. The third-order valence-electron chi connectivity index (χ3n) is 3.56. The SMILES string of the molecule is CCNC(c1ccc(C(C)C)cc1)c1cc(F)cc(F)c1. The van der Waals surface area contributed by atoms with E-state index in [1.165, 1.54) is 17.7 Å². The van der Waals surface area contributed by atoms with Crippen LogP contribution in [0.25, 0.3) is 0 Å². The Balaban J connectivity index is 2.38. The van der Waals surface area contributed by atoms with Gasteiger partial charge in [-0.3, -0.25) is 0 Å². The summed E-state index contributed by atoms with van der Waals surface area (Å²) in [6.45, 7) is 6.97. The molecule has 0 aliphatic heterocycles. The first kappa shape index (κ1) is 15.6. The Bertz CT molecular complexity index is 570. The van der Waals surface area contributed by atoms with Crippen LogP contribution in [0, 0.1) is 11.6 Å². The average Bonchev–Trinajstić information content (AvgIpc) is 2.44. The number of halogens is 2. The summed E-state index contributed by atoms with van der Waals surface area (Å²) in [5.41, 5.74) is 2.86. The fraction of sp³-hybridized carbons (Fsp3) is 0.333. The van der Waals surface area contributed by atoms with Crippen LogP contribution in [0.2, 0.25) is 0 Å². The van der Waals surface area contributed by atoms with Crippen LogP contribution in [0.15, 0.2) is 42.5 Å². The third-order valence-corrected chi connectivity index (χ3v) is 3.56. The second kappa shape index (κ2) is 6.81. The molecule has 0 saturated heterocycles. The van der Waals surface area contributed by atoms with Gasteiger partial charge in [0.05, 0.1) is 6.04 Å². The van der Waals surface area contributed by atoms with Crippen molar-refractivity contribution < 1.29 is 8.78 Å². The first-order valence-corrected chi connectivity index (χ1v) is 7.30. The largest absolute Gasteiger partial charge is 0.307 e. The Morgan fingerprint density at radius 2 is 1.38 bits per heavy atom. The highest BCUT2D eigenvalue weighted by Crippen LogP contribution is 2.25. The second-order valence-corrected chi connectivity index (χ2v) is 5.51. The molecule has 0 aliphatic rings. The molecule has 3 heteroatoms. The van der Waals surface area contributed by atoms with Gasteiger partial charge in [0.25, 0.3) is 0 Å². The molecule has 0 amide bonds. The summed E-state index contributed by atoms with van der Waals surface area (Å²) in [4.78, 5) is 0. The molecule has 2 rings (SSSR count). The van der Waals surface area contributed by atoms with E-state index in [1.807, 2.05) is 19.1 Å². The van der Waals surface area contributed by atoms with Gasteiger partial charge in [-0.05, 0) is 41.3 Å². The van der Waals surface area contributed by atoms with E-state index in [-0.39, 0.29) is 6.04 Å². The fourth-order valence-corrected chi connectivity index (χ4v) is 2.45. The van der Waals surface area contributed by atoms with Gasteiger partial charge in [-0.2, -0.15) is 0 Å². The van der Waals surface area contributed by atoms with Crippen molar-refractivity contribution in [3.05, 3.63) is 70.8 Å². The molecule has 1 atom stereocenters. The molecular weight excluding hydrogens is 268 g/mol. The molecule has 21 heavy (non-hydrogen) atoms. The predicted molar refractivity (Wildman–Crippen MR) is 82.4 cm³/mol. The first-order chi connectivity index (χ1) is 10.0.